The number of benzene rings is 4. The van der Waals surface area contributed by atoms with Gasteiger partial charge in [-0.15, -0.1) is 0 Å². The molecule has 4 aromatic carbocycles. The van der Waals surface area contributed by atoms with Crippen LogP contribution in [0.5, 0.6) is 0 Å². The Balaban J connectivity index is 1.36. The van der Waals surface area contributed by atoms with Crippen molar-refractivity contribution in [3.05, 3.63) is 167 Å². The predicted octanol–water partition coefficient (Wildman–Crippen LogP) is 7.27. The molecule has 1 atom stereocenters. The number of amides is 2. The molecule has 6 rings (SSSR count). The summed E-state index contributed by atoms with van der Waals surface area (Å²) in [4.78, 5) is 36.3. The highest BCUT2D eigenvalue weighted by Crippen LogP contribution is 2.24. The van der Waals surface area contributed by atoms with Crippen molar-refractivity contribution in [3.8, 4) is 11.3 Å². The van der Waals surface area contributed by atoms with Crippen molar-refractivity contribution in [1.29, 1.82) is 0 Å². The Hall–Kier alpha value is -5.43. The second kappa shape index (κ2) is 14.1. The lowest BCUT2D eigenvalue weighted by Crippen LogP contribution is -2.52. The van der Waals surface area contributed by atoms with Gasteiger partial charge in [0.25, 0.3) is 0 Å². The van der Waals surface area contributed by atoms with E-state index in [4.69, 9.17) is 0 Å². The lowest BCUT2D eigenvalue weighted by Gasteiger charge is -2.37. The van der Waals surface area contributed by atoms with Crippen molar-refractivity contribution < 1.29 is 18.4 Å². The lowest BCUT2D eigenvalue weighted by molar-refractivity contribution is -0.144. The first-order valence-corrected chi connectivity index (χ1v) is 15.3. The molecule has 2 amide bonds. The van der Waals surface area contributed by atoms with Gasteiger partial charge in [-0.1, -0.05) is 84.9 Å². The normalized spacial score (nSPS) is 13.3. The number of carbonyl (C=O) groups is 2. The Morgan fingerprint density at radius 2 is 1.57 bits per heavy atom. The van der Waals surface area contributed by atoms with Crippen molar-refractivity contribution in [2.75, 3.05) is 6.54 Å². The third kappa shape index (κ3) is 7.26. The molecule has 5 nitrogen and oxygen atoms in total. The number of halogens is 2. The van der Waals surface area contributed by atoms with Gasteiger partial charge in [0.15, 0.2) is 0 Å². The maximum atomic E-state index is 14.5. The summed E-state index contributed by atoms with van der Waals surface area (Å²) in [7, 11) is 0. The highest BCUT2D eigenvalue weighted by molar-refractivity contribution is 5.96. The molecule has 0 radical (unpaired) electrons. The zero-order chi connectivity index (χ0) is 31.9. The average molecular weight is 614 g/mol. The van der Waals surface area contributed by atoms with E-state index >= 15 is 0 Å². The quantitative estimate of drug-likeness (QED) is 0.165. The summed E-state index contributed by atoms with van der Waals surface area (Å²) in [6.45, 7) is 1.11. The Kier molecular flexibility index (Phi) is 9.39. The molecule has 0 aliphatic carbocycles. The van der Waals surface area contributed by atoms with Gasteiger partial charge >= 0.3 is 0 Å². The highest BCUT2D eigenvalue weighted by Gasteiger charge is 2.34. The van der Waals surface area contributed by atoms with E-state index in [1.54, 1.807) is 11.1 Å². The van der Waals surface area contributed by atoms with Crippen LogP contribution in [0, 0.1) is 11.6 Å². The van der Waals surface area contributed by atoms with Crippen LogP contribution in [0.2, 0.25) is 0 Å². The number of carbonyl (C=O) groups excluding carboxylic acids is 2. The second-order valence-electron chi connectivity index (χ2n) is 11.4. The maximum Gasteiger partial charge on any atom is 0.247 e. The van der Waals surface area contributed by atoms with Crippen LogP contribution in [0.25, 0.3) is 17.3 Å². The zero-order valence-corrected chi connectivity index (χ0v) is 25.2. The number of aromatic nitrogens is 1. The van der Waals surface area contributed by atoms with Crippen LogP contribution in [-0.4, -0.2) is 39.2 Å². The SMILES string of the molecule is O=C(C(Cc1ccccc1)N(Cc1ccc(-c2ccccn2)cc1)C(=O)C=Cc1cc(F)ccc1F)N1CCc2ccccc2C1. The van der Waals surface area contributed by atoms with Crippen LogP contribution in [0.4, 0.5) is 8.78 Å². The maximum absolute atomic E-state index is 14.5. The molecule has 0 spiro atoms. The molecule has 7 heteroatoms. The Labute approximate surface area is 267 Å². The van der Waals surface area contributed by atoms with E-state index in [2.05, 4.69) is 11.1 Å². The van der Waals surface area contributed by atoms with Gasteiger partial charge < -0.3 is 9.80 Å². The molecule has 2 heterocycles. The topological polar surface area (TPSA) is 53.5 Å². The fourth-order valence-electron chi connectivity index (χ4n) is 5.81. The molecule has 46 heavy (non-hydrogen) atoms. The number of pyridine rings is 1. The molecular weight excluding hydrogens is 580 g/mol. The fraction of sp³-hybridized carbons (Fsp3) is 0.154. The van der Waals surface area contributed by atoms with Crippen molar-refractivity contribution in [1.82, 2.24) is 14.8 Å². The predicted molar refractivity (Wildman–Crippen MR) is 175 cm³/mol. The number of hydrogen-bond donors (Lipinski definition) is 0. The summed E-state index contributed by atoms with van der Waals surface area (Å²) < 4.78 is 28.4. The largest absolute Gasteiger partial charge is 0.336 e. The summed E-state index contributed by atoms with van der Waals surface area (Å²) in [6, 6.07) is 33.3. The summed E-state index contributed by atoms with van der Waals surface area (Å²) >= 11 is 0. The average Bonchev–Trinajstić information content (AvgIpc) is 3.10. The highest BCUT2D eigenvalue weighted by atomic mass is 19.1. The van der Waals surface area contributed by atoms with E-state index in [0.717, 1.165) is 52.6 Å². The number of nitrogens with zero attached hydrogens (tertiary/aromatic N) is 3. The third-order valence-corrected chi connectivity index (χ3v) is 8.29. The van der Waals surface area contributed by atoms with Crippen molar-refractivity contribution in [3.63, 3.8) is 0 Å². The smallest absolute Gasteiger partial charge is 0.247 e. The minimum Gasteiger partial charge on any atom is -0.336 e. The van der Waals surface area contributed by atoms with Gasteiger partial charge in [0, 0.05) is 49.5 Å². The molecule has 5 aromatic rings. The number of rotatable bonds is 9. The first-order chi connectivity index (χ1) is 22.4. The summed E-state index contributed by atoms with van der Waals surface area (Å²) in [6.07, 6.45) is 5.23. The summed E-state index contributed by atoms with van der Waals surface area (Å²) in [5.74, 6) is -1.90. The monoisotopic (exact) mass is 613 g/mol. The van der Waals surface area contributed by atoms with Gasteiger partial charge in [-0.2, -0.15) is 0 Å². The van der Waals surface area contributed by atoms with E-state index in [0.29, 0.717) is 13.1 Å². The van der Waals surface area contributed by atoms with Gasteiger partial charge in [0.1, 0.15) is 17.7 Å². The van der Waals surface area contributed by atoms with Gasteiger partial charge in [0.05, 0.1) is 5.69 Å². The van der Waals surface area contributed by atoms with Crippen LogP contribution in [0.15, 0.2) is 128 Å². The van der Waals surface area contributed by atoms with Crippen molar-refractivity contribution in [2.45, 2.75) is 32.0 Å². The van der Waals surface area contributed by atoms with E-state index in [-0.39, 0.29) is 24.4 Å². The zero-order valence-electron chi connectivity index (χ0n) is 25.2. The van der Waals surface area contributed by atoms with Crippen molar-refractivity contribution in [2.24, 2.45) is 0 Å². The standard InChI is InChI=1S/C39H33F2N3O2/c40-34-18-19-35(41)32(25-34)17-20-38(45)44(26-29-13-15-31(16-14-29)36-12-6-7-22-42-36)37(24-28-8-2-1-3-9-28)39(46)43-23-21-30-10-4-5-11-33(30)27-43/h1-20,22,25,37H,21,23-24,26-27H2. The molecule has 0 N–H and O–H groups in total. The Bertz CT molecular complexity index is 1840. The van der Waals surface area contributed by atoms with Gasteiger partial charge in [0.2, 0.25) is 11.8 Å². The molecule has 1 unspecified atom stereocenters. The molecule has 0 saturated carbocycles. The second-order valence-corrected chi connectivity index (χ2v) is 11.4. The van der Waals surface area contributed by atoms with E-state index < -0.39 is 23.6 Å². The number of fused-ring (bicyclic) bond motifs is 1. The van der Waals surface area contributed by atoms with Crippen LogP contribution >= 0.6 is 0 Å². The van der Waals surface area contributed by atoms with Gasteiger partial charge in [-0.3, -0.25) is 14.6 Å². The molecule has 230 valence electrons. The molecule has 1 aliphatic heterocycles. The minimum atomic E-state index is -0.849. The summed E-state index contributed by atoms with van der Waals surface area (Å²) in [5, 5.41) is 0. The summed E-state index contributed by atoms with van der Waals surface area (Å²) in [5.41, 5.74) is 5.72. The van der Waals surface area contributed by atoms with Crippen LogP contribution in [0.1, 0.15) is 27.8 Å². The van der Waals surface area contributed by atoms with E-state index in [1.165, 1.54) is 17.7 Å². The van der Waals surface area contributed by atoms with Gasteiger partial charge in [-0.25, -0.2) is 8.78 Å². The molecule has 0 saturated heterocycles. The Morgan fingerprint density at radius 3 is 2.33 bits per heavy atom. The minimum absolute atomic E-state index is 0.0495. The molecule has 0 bridgehead atoms. The molecule has 0 fully saturated rings. The fourth-order valence-corrected chi connectivity index (χ4v) is 5.81. The van der Waals surface area contributed by atoms with Crippen molar-refractivity contribution >= 4 is 17.9 Å². The number of hydrogen-bond acceptors (Lipinski definition) is 3. The molecule has 1 aromatic heterocycles. The first kappa shape index (κ1) is 30.6. The van der Waals surface area contributed by atoms with Crippen LogP contribution in [0.3, 0.4) is 0 Å². The molecule has 1 aliphatic rings. The van der Waals surface area contributed by atoms with Crippen LogP contribution in [-0.2, 0) is 35.5 Å². The van der Waals surface area contributed by atoms with E-state index in [1.807, 2.05) is 95.9 Å². The lowest BCUT2D eigenvalue weighted by atomic mass is 9.97. The third-order valence-electron chi connectivity index (χ3n) is 8.29. The Morgan fingerprint density at radius 1 is 0.826 bits per heavy atom. The van der Waals surface area contributed by atoms with Gasteiger partial charge in [-0.05, 0) is 65.1 Å². The molecular formula is C39H33F2N3O2. The first-order valence-electron chi connectivity index (χ1n) is 15.3. The van der Waals surface area contributed by atoms with E-state index in [9.17, 15) is 18.4 Å². The van der Waals surface area contributed by atoms with Crippen LogP contribution < -0.4 is 0 Å².